The zero-order valence-electron chi connectivity index (χ0n) is 13.5. The molecule has 0 saturated carbocycles. The SMILES string of the molecule is CCOCC(=O)NCCC(C)N(C)C(=O)OC(C)(C)C. The molecule has 0 aliphatic carbocycles. The van der Waals surface area contributed by atoms with E-state index in [-0.39, 0.29) is 24.6 Å². The number of carbonyl (C=O) groups is 2. The highest BCUT2D eigenvalue weighted by Crippen LogP contribution is 2.11. The van der Waals surface area contributed by atoms with Crippen LogP contribution in [0.25, 0.3) is 0 Å². The summed E-state index contributed by atoms with van der Waals surface area (Å²) in [6.07, 6.45) is 0.304. The second-order valence-corrected chi connectivity index (χ2v) is 5.72. The summed E-state index contributed by atoms with van der Waals surface area (Å²) in [5.74, 6) is -0.140. The van der Waals surface area contributed by atoms with Gasteiger partial charge in [-0.25, -0.2) is 4.79 Å². The maximum Gasteiger partial charge on any atom is 0.410 e. The minimum absolute atomic E-state index is 0.0164. The summed E-state index contributed by atoms with van der Waals surface area (Å²) in [5, 5.41) is 2.75. The van der Waals surface area contributed by atoms with Crippen LogP contribution < -0.4 is 5.32 Å². The Kier molecular flexibility index (Phi) is 8.22. The highest BCUT2D eigenvalue weighted by Gasteiger charge is 2.22. The summed E-state index contributed by atoms with van der Waals surface area (Å²) in [4.78, 5) is 24.7. The Labute approximate surface area is 121 Å². The van der Waals surface area contributed by atoms with Crippen molar-refractivity contribution in [3.05, 3.63) is 0 Å². The van der Waals surface area contributed by atoms with Gasteiger partial charge in [0.2, 0.25) is 5.91 Å². The van der Waals surface area contributed by atoms with Gasteiger partial charge in [0.15, 0.2) is 0 Å². The maximum atomic E-state index is 11.8. The molecule has 0 saturated heterocycles. The van der Waals surface area contributed by atoms with E-state index >= 15 is 0 Å². The number of hydrogen-bond acceptors (Lipinski definition) is 4. The molecule has 0 spiro atoms. The lowest BCUT2D eigenvalue weighted by atomic mass is 10.2. The smallest absolute Gasteiger partial charge is 0.410 e. The molecule has 0 heterocycles. The van der Waals surface area contributed by atoms with Crippen molar-refractivity contribution in [3.8, 4) is 0 Å². The third-order valence-corrected chi connectivity index (χ3v) is 2.66. The molecule has 6 heteroatoms. The Morgan fingerprint density at radius 1 is 1.30 bits per heavy atom. The molecule has 0 fully saturated rings. The van der Waals surface area contributed by atoms with Gasteiger partial charge >= 0.3 is 6.09 Å². The van der Waals surface area contributed by atoms with Crippen molar-refractivity contribution in [2.75, 3.05) is 26.8 Å². The molecule has 6 nitrogen and oxygen atoms in total. The van der Waals surface area contributed by atoms with Crippen molar-refractivity contribution >= 4 is 12.0 Å². The van der Waals surface area contributed by atoms with E-state index in [2.05, 4.69) is 5.32 Å². The molecule has 0 rings (SSSR count). The molecule has 0 aliphatic heterocycles. The number of hydrogen-bond donors (Lipinski definition) is 1. The van der Waals surface area contributed by atoms with Crippen LogP contribution in [-0.2, 0) is 14.3 Å². The molecule has 0 bridgehead atoms. The van der Waals surface area contributed by atoms with Gasteiger partial charge in [-0.2, -0.15) is 0 Å². The predicted octanol–water partition coefficient (Wildman–Crippen LogP) is 1.78. The van der Waals surface area contributed by atoms with E-state index in [0.717, 1.165) is 0 Å². The molecule has 118 valence electrons. The molecule has 0 aromatic heterocycles. The van der Waals surface area contributed by atoms with E-state index in [1.165, 1.54) is 0 Å². The molecule has 2 amide bonds. The number of ether oxygens (including phenoxy) is 2. The van der Waals surface area contributed by atoms with Gasteiger partial charge in [0, 0.05) is 26.2 Å². The summed E-state index contributed by atoms with van der Waals surface area (Å²) in [7, 11) is 1.70. The first kappa shape index (κ1) is 18.7. The second-order valence-electron chi connectivity index (χ2n) is 5.72. The van der Waals surface area contributed by atoms with Crippen LogP contribution in [0.4, 0.5) is 4.79 Å². The average molecular weight is 288 g/mol. The second kappa shape index (κ2) is 8.79. The minimum Gasteiger partial charge on any atom is -0.444 e. The fourth-order valence-corrected chi connectivity index (χ4v) is 1.37. The van der Waals surface area contributed by atoms with Crippen LogP contribution in [0.3, 0.4) is 0 Å². The topological polar surface area (TPSA) is 67.9 Å². The maximum absolute atomic E-state index is 11.8. The highest BCUT2D eigenvalue weighted by molar-refractivity contribution is 5.77. The molecule has 0 aromatic rings. The number of rotatable bonds is 7. The van der Waals surface area contributed by atoms with Crippen LogP contribution in [0.1, 0.15) is 41.0 Å². The fraction of sp³-hybridized carbons (Fsp3) is 0.857. The Hall–Kier alpha value is -1.30. The lowest BCUT2D eigenvalue weighted by Gasteiger charge is -2.28. The third kappa shape index (κ3) is 8.74. The van der Waals surface area contributed by atoms with E-state index in [0.29, 0.717) is 19.6 Å². The molecule has 20 heavy (non-hydrogen) atoms. The number of nitrogens with one attached hydrogen (secondary N) is 1. The quantitative estimate of drug-likeness (QED) is 0.775. The van der Waals surface area contributed by atoms with Crippen molar-refractivity contribution in [3.63, 3.8) is 0 Å². The van der Waals surface area contributed by atoms with Crippen molar-refractivity contribution in [2.24, 2.45) is 0 Å². The largest absolute Gasteiger partial charge is 0.444 e. The van der Waals surface area contributed by atoms with Gasteiger partial charge in [0.05, 0.1) is 0 Å². The Morgan fingerprint density at radius 2 is 1.90 bits per heavy atom. The lowest BCUT2D eigenvalue weighted by Crippen LogP contribution is -2.41. The van der Waals surface area contributed by atoms with Gasteiger partial charge in [0.1, 0.15) is 12.2 Å². The molecule has 1 atom stereocenters. The Balaban J connectivity index is 3.99. The normalized spacial score (nSPS) is 12.7. The number of carbonyl (C=O) groups excluding carboxylic acids is 2. The van der Waals surface area contributed by atoms with E-state index in [4.69, 9.17) is 9.47 Å². The van der Waals surface area contributed by atoms with Crippen molar-refractivity contribution in [2.45, 2.75) is 52.7 Å². The standard InChI is InChI=1S/C14H28N2O4/c1-7-19-10-12(17)15-9-8-11(2)16(6)13(18)20-14(3,4)5/h11H,7-10H2,1-6H3,(H,15,17). The van der Waals surface area contributed by atoms with E-state index in [1.54, 1.807) is 11.9 Å². The lowest BCUT2D eigenvalue weighted by molar-refractivity contribution is -0.125. The molecule has 0 aliphatic rings. The molecular formula is C14H28N2O4. The molecule has 1 N–H and O–H groups in total. The average Bonchev–Trinajstić information content (AvgIpc) is 2.33. The zero-order valence-corrected chi connectivity index (χ0v) is 13.5. The Morgan fingerprint density at radius 3 is 2.40 bits per heavy atom. The van der Waals surface area contributed by atoms with Crippen LogP contribution in [-0.4, -0.2) is 55.3 Å². The molecule has 1 unspecified atom stereocenters. The fourth-order valence-electron chi connectivity index (χ4n) is 1.37. The van der Waals surface area contributed by atoms with E-state index in [1.807, 2.05) is 34.6 Å². The summed E-state index contributed by atoms with van der Waals surface area (Å²) < 4.78 is 10.3. The highest BCUT2D eigenvalue weighted by atomic mass is 16.6. The van der Waals surface area contributed by atoms with Crippen molar-refractivity contribution in [1.29, 1.82) is 0 Å². The van der Waals surface area contributed by atoms with Crippen LogP contribution in [0.2, 0.25) is 0 Å². The minimum atomic E-state index is -0.503. The van der Waals surface area contributed by atoms with Gasteiger partial charge in [-0.3, -0.25) is 4.79 Å². The van der Waals surface area contributed by atoms with E-state index < -0.39 is 5.60 Å². The van der Waals surface area contributed by atoms with Crippen LogP contribution in [0, 0.1) is 0 Å². The molecule has 0 aromatic carbocycles. The first-order valence-corrected chi connectivity index (χ1v) is 6.97. The van der Waals surface area contributed by atoms with Crippen LogP contribution in [0.5, 0.6) is 0 Å². The summed E-state index contributed by atoms with van der Waals surface area (Å²) in [5.41, 5.74) is -0.503. The van der Waals surface area contributed by atoms with Gasteiger partial charge in [-0.05, 0) is 41.0 Å². The van der Waals surface area contributed by atoms with Gasteiger partial charge in [0.25, 0.3) is 0 Å². The predicted molar refractivity (Wildman–Crippen MR) is 77.6 cm³/mol. The van der Waals surface area contributed by atoms with Gasteiger partial charge in [-0.15, -0.1) is 0 Å². The zero-order chi connectivity index (χ0) is 15.8. The number of amides is 2. The number of nitrogens with zero attached hydrogens (tertiary/aromatic N) is 1. The third-order valence-electron chi connectivity index (χ3n) is 2.66. The monoisotopic (exact) mass is 288 g/mol. The van der Waals surface area contributed by atoms with E-state index in [9.17, 15) is 9.59 Å². The first-order chi connectivity index (χ1) is 9.17. The summed E-state index contributed by atoms with van der Waals surface area (Å²) in [6, 6.07) is -0.0164. The van der Waals surface area contributed by atoms with Gasteiger partial charge < -0.3 is 19.7 Å². The first-order valence-electron chi connectivity index (χ1n) is 6.97. The van der Waals surface area contributed by atoms with Crippen LogP contribution >= 0.6 is 0 Å². The van der Waals surface area contributed by atoms with Crippen molar-refractivity contribution in [1.82, 2.24) is 10.2 Å². The Bertz CT molecular complexity index is 313. The van der Waals surface area contributed by atoms with Gasteiger partial charge in [-0.1, -0.05) is 0 Å². The van der Waals surface area contributed by atoms with Crippen LogP contribution in [0.15, 0.2) is 0 Å². The molecular weight excluding hydrogens is 260 g/mol. The van der Waals surface area contributed by atoms with Crippen molar-refractivity contribution < 1.29 is 19.1 Å². The molecule has 0 radical (unpaired) electrons. The summed E-state index contributed by atoms with van der Waals surface area (Å²) >= 11 is 0. The summed E-state index contributed by atoms with van der Waals surface area (Å²) in [6.45, 7) is 10.3.